The molecule has 25 heavy (non-hydrogen) atoms. The molecule has 1 aliphatic heterocycles. The molecule has 1 N–H and O–H groups in total. The fourth-order valence-corrected chi connectivity index (χ4v) is 3.37. The number of para-hydroxylation sites is 1. The van der Waals surface area contributed by atoms with Crippen LogP contribution in [0.1, 0.15) is 22.9 Å². The monoisotopic (exact) mass is 332 g/mol. The number of anilines is 1. The van der Waals surface area contributed by atoms with E-state index in [-0.39, 0.29) is 18.5 Å². The van der Waals surface area contributed by atoms with Crippen LogP contribution in [0.2, 0.25) is 0 Å². The summed E-state index contributed by atoms with van der Waals surface area (Å²) in [5.74, 6) is 0.887. The second kappa shape index (κ2) is 6.95. The van der Waals surface area contributed by atoms with Crippen LogP contribution >= 0.6 is 0 Å². The summed E-state index contributed by atoms with van der Waals surface area (Å²) in [7, 11) is 0. The number of carbonyl (C=O) groups excluding carboxylic acids is 1. The highest BCUT2D eigenvalue weighted by Gasteiger charge is 2.25. The molecular formula is C21H20N2O2. The third kappa shape index (κ3) is 3.21. The lowest BCUT2D eigenvalue weighted by molar-refractivity contribution is -0.117. The average Bonchev–Trinajstić information content (AvgIpc) is 3.32. The second-order valence-electron chi connectivity index (χ2n) is 6.16. The largest absolute Gasteiger partial charge is 0.467 e. The van der Waals surface area contributed by atoms with Crippen LogP contribution in [0.4, 0.5) is 5.69 Å². The molecule has 4 nitrogen and oxygen atoms in total. The molecule has 1 aliphatic rings. The van der Waals surface area contributed by atoms with Crippen molar-refractivity contribution in [3.8, 4) is 0 Å². The first-order valence-corrected chi connectivity index (χ1v) is 8.53. The normalized spacial score (nSPS) is 14.3. The van der Waals surface area contributed by atoms with Gasteiger partial charge in [0.1, 0.15) is 5.76 Å². The van der Waals surface area contributed by atoms with Crippen LogP contribution in [0, 0.1) is 0 Å². The van der Waals surface area contributed by atoms with Gasteiger partial charge in [0, 0.05) is 12.2 Å². The van der Waals surface area contributed by atoms with Crippen molar-refractivity contribution >= 4 is 11.6 Å². The highest BCUT2D eigenvalue weighted by Crippen LogP contribution is 2.28. The summed E-state index contributed by atoms with van der Waals surface area (Å²) in [5.41, 5.74) is 3.34. The Balaban J connectivity index is 1.50. The highest BCUT2D eigenvalue weighted by molar-refractivity contribution is 5.96. The first kappa shape index (κ1) is 15.7. The molecule has 0 fully saturated rings. The number of rotatable bonds is 5. The lowest BCUT2D eigenvalue weighted by Gasteiger charge is -2.21. The maximum absolute atomic E-state index is 12.7. The fourth-order valence-electron chi connectivity index (χ4n) is 3.37. The van der Waals surface area contributed by atoms with E-state index < -0.39 is 0 Å². The van der Waals surface area contributed by atoms with Crippen molar-refractivity contribution in [1.82, 2.24) is 5.32 Å². The molecule has 1 atom stereocenters. The number of amides is 1. The third-order valence-electron chi connectivity index (χ3n) is 4.61. The number of carbonyl (C=O) groups is 1. The van der Waals surface area contributed by atoms with Crippen LogP contribution in [0.15, 0.2) is 77.4 Å². The first-order chi connectivity index (χ1) is 12.3. The molecule has 2 aromatic carbocycles. The quantitative estimate of drug-likeness (QED) is 0.777. The fraction of sp³-hybridized carbons (Fsp3) is 0.190. The number of nitrogens with zero attached hydrogens (tertiary/aromatic N) is 1. The molecular weight excluding hydrogens is 312 g/mol. The Kier molecular flexibility index (Phi) is 4.36. The molecule has 0 saturated heterocycles. The van der Waals surface area contributed by atoms with Crippen molar-refractivity contribution < 1.29 is 9.21 Å². The third-order valence-corrected chi connectivity index (χ3v) is 4.61. The van der Waals surface area contributed by atoms with Gasteiger partial charge in [-0.15, -0.1) is 0 Å². The zero-order chi connectivity index (χ0) is 17.1. The summed E-state index contributed by atoms with van der Waals surface area (Å²) in [5, 5.41) is 3.36. The lowest BCUT2D eigenvalue weighted by atomic mass is 10.0. The molecule has 1 amide bonds. The summed E-state index contributed by atoms with van der Waals surface area (Å²) in [6, 6.07) is 21.8. The number of nitrogens with one attached hydrogen (secondary N) is 1. The molecule has 2 heterocycles. The van der Waals surface area contributed by atoms with Gasteiger partial charge in [-0.25, -0.2) is 0 Å². The van der Waals surface area contributed by atoms with E-state index in [0.717, 1.165) is 30.0 Å². The minimum atomic E-state index is -0.141. The van der Waals surface area contributed by atoms with Crippen LogP contribution in [0.25, 0.3) is 0 Å². The zero-order valence-corrected chi connectivity index (χ0v) is 13.9. The smallest absolute Gasteiger partial charge is 0.240 e. The SMILES string of the molecule is O=C(CN[C@H](c1ccccc1)c1ccco1)N1CCc2ccccc21. The van der Waals surface area contributed by atoms with Crippen molar-refractivity contribution in [2.45, 2.75) is 12.5 Å². The number of hydrogen-bond donors (Lipinski definition) is 1. The van der Waals surface area contributed by atoms with Gasteiger partial charge in [-0.3, -0.25) is 10.1 Å². The van der Waals surface area contributed by atoms with Crippen LogP contribution in [0.3, 0.4) is 0 Å². The maximum Gasteiger partial charge on any atom is 0.240 e. The summed E-state index contributed by atoms with van der Waals surface area (Å²) >= 11 is 0. The predicted octanol–water partition coefficient (Wildman–Crippen LogP) is 3.55. The molecule has 0 bridgehead atoms. The van der Waals surface area contributed by atoms with Crippen molar-refractivity contribution in [2.24, 2.45) is 0 Å². The number of benzene rings is 2. The van der Waals surface area contributed by atoms with Crippen molar-refractivity contribution in [2.75, 3.05) is 18.0 Å². The number of hydrogen-bond acceptors (Lipinski definition) is 3. The van der Waals surface area contributed by atoms with Crippen LogP contribution in [0.5, 0.6) is 0 Å². The first-order valence-electron chi connectivity index (χ1n) is 8.53. The molecule has 0 spiro atoms. The van der Waals surface area contributed by atoms with Crippen LogP contribution in [-0.2, 0) is 11.2 Å². The van der Waals surface area contributed by atoms with Gasteiger partial charge in [0.25, 0.3) is 0 Å². The molecule has 126 valence electrons. The topological polar surface area (TPSA) is 45.5 Å². The maximum atomic E-state index is 12.7. The molecule has 0 radical (unpaired) electrons. The van der Waals surface area contributed by atoms with Crippen molar-refractivity contribution in [3.05, 3.63) is 89.9 Å². The Morgan fingerprint density at radius 1 is 1.04 bits per heavy atom. The highest BCUT2D eigenvalue weighted by atomic mass is 16.3. The predicted molar refractivity (Wildman–Crippen MR) is 97.5 cm³/mol. The number of fused-ring (bicyclic) bond motifs is 1. The van der Waals surface area contributed by atoms with Gasteiger partial charge in [-0.2, -0.15) is 0 Å². The van der Waals surface area contributed by atoms with E-state index in [0.29, 0.717) is 0 Å². The van der Waals surface area contributed by atoms with E-state index >= 15 is 0 Å². The molecule has 0 unspecified atom stereocenters. The summed E-state index contributed by atoms with van der Waals surface area (Å²) in [6.07, 6.45) is 2.58. The Labute approximate surface area is 147 Å². The van der Waals surface area contributed by atoms with Gasteiger partial charge >= 0.3 is 0 Å². The Morgan fingerprint density at radius 2 is 1.84 bits per heavy atom. The zero-order valence-electron chi connectivity index (χ0n) is 13.9. The lowest BCUT2D eigenvalue weighted by Crippen LogP contribution is -2.38. The summed E-state index contributed by atoms with van der Waals surface area (Å²) in [6.45, 7) is 1.01. The molecule has 0 saturated carbocycles. The molecule has 4 rings (SSSR count). The van der Waals surface area contributed by atoms with Crippen LogP contribution in [-0.4, -0.2) is 19.0 Å². The average molecular weight is 332 g/mol. The van der Waals surface area contributed by atoms with Crippen molar-refractivity contribution in [3.63, 3.8) is 0 Å². The standard InChI is InChI=1S/C21H20N2O2/c24-20(23-13-12-16-7-4-5-10-18(16)23)15-22-21(19-11-6-14-25-19)17-8-2-1-3-9-17/h1-11,14,21-22H,12-13,15H2/t21-/m1/s1. The van der Waals surface area contributed by atoms with E-state index in [1.807, 2.05) is 65.6 Å². The van der Waals surface area contributed by atoms with Gasteiger partial charge in [0.05, 0.1) is 18.8 Å². The van der Waals surface area contributed by atoms with E-state index in [1.165, 1.54) is 5.56 Å². The van der Waals surface area contributed by atoms with E-state index in [9.17, 15) is 4.79 Å². The Bertz CT molecular complexity index is 843. The van der Waals surface area contributed by atoms with E-state index in [1.54, 1.807) is 6.26 Å². The van der Waals surface area contributed by atoms with Gasteiger partial charge in [-0.05, 0) is 35.7 Å². The summed E-state index contributed by atoms with van der Waals surface area (Å²) < 4.78 is 5.58. The van der Waals surface area contributed by atoms with Gasteiger partial charge < -0.3 is 9.32 Å². The second-order valence-corrected chi connectivity index (χ2v) is 6.16. The van der Waals surface area contributed by atoms with E-state index in [4.69, 9.17) is 4.42 Å². The van der Waals surface area contributed by atoms with E-state index in [2.05, 4.69) is 11.4 Å². The minimum Gasteiger partial charge on any atom is -0.467 e. The molecule has 1 aromatic heterocycles. The van der Waals surface area contributed by atoms with Gasteiger partial charge in [-0.1, -0.05) is 48.5 Å². The Morgan fingerprint density at radius 3 is 2.64 bits per heavy atom. The van der Waals surface area contributed by atoms with Gasteiger partial charge in [0.15, 0.2) is 0 Å². The summed E-state index contributed by atoms with van der Waals surface area (Å²) in [4.78, 5) is 14.6. The molecule has 0 aliphatic carbocycles. The number of furan rings is 1. The minimum absolute atomic E-state index is 0.0810. The Hall–Kier alpha value is -2.85. The van der Waals surface area contributed by atoms with Crippen molar-refractivity contribution in [1.29, 1.82) is 0 Å². The van der Waals surface area contributed by atoms with Gasteiger partial charge in [0.2, 0.25) is 5.91 Å². The molecule has 4 heteroatoms. The van der Waals surface area contributed by atoms with Crippen LogP contribution < -0.4 is 10.2 Å². The molecule has 3 aromatic rings.